The molecule has 2 aliphatic rings. The number of aryl methyl sites for hydroxylation is 2. The van der Waals surface area contributed by atoms with Crippen molar-refractivity contribution in [3.63, 3.8) is 0 Å². The van der Waals surface area contributed by atoms with Gasteiger partial charge in [0.1, 0.15) is 11.6 Å². The molecule has 2 aromatic rings. The van der Waals surface area contributed by atoms with Gasteiger partial charge in [-0.05, 0) is 56.9 Å². The molecule has 0 bridgehead atoms. The Morgan fingerprint density at radius 3 is 1.83 bits per heavy atom. The number of ether oxygens (including phenoxy) is 3. The lowest BCUT2D eigenvalue weighted by atomic mass is 10.1. The average molecular weight is 627 g/mol. The van der Waals surface area contributed by atoms with E-state index in [1.807, 2.05) is 42.5 Å². The molecule has 0 aliphatic carbocycles. The molecule has 0 radical (unpaired) electrons. The first-order valence-corrected chi connectivity index (χ1v) is 14.9. The Morgan fingerprint density at radius 1 is 0.804 bits per heavy atom. The number of rotatable bonds is 6. The summed E-state index contributed by atoms with van der Waals surface area (Å²) >= 11 is 0. The molecule has 0 saturated carbocycles. The van der Waals surface area contributed by atoms with Crippen molar-refractivity contribution in [1.29, 1.82) is 0 Å². The van der Waals surface area contributed by atoms with Crippen molar-refractivity contribution in [3.05, 3.63) is 95.1 Å². The van der Waals surface area contributed by atoms with Crippen LogP contribution in [0.2, 0.25) is 0 Å². The van der Waals surface area contributed by atoms with Crippen molar-refractivity contribution in [2.75, 3.05) is 27.3 Å². The molecule has 8 nitrogen and oxygen atoms in total. The molecule has 1 amide bonds. The topological polar surface area (TPSA) is 94.2 Å². The number of nitrogens with zero attached hydrogens (tertiary/aromatic N) is 1. The molecule has 2 heterocycles. The van der Waals surface area contributed by atoms with Gasteiger partial charge in [0.25, 0.3) is 0 Å². The number of esters is 2. The Balaban J connectivity index is 0.000000328. The van der Waals surface area contributed by atoms with Crippen molar-refractivity contribution in [2.45, 2.75) is 71.6 Å². The highest BCUT2D eigenvalue weighted by atomic mass is 16.6. The molecule has 4 rings (SSSR count). The second kappa shape index (κ2) is 18.9. The molecular weight excluding hydrogens is 580 g/mol. The lowest BCUT2D eigenvalue weighted by molar-refractivity contribution is -0.144. The summed E-state index contributed by atoms with van der Waals surface area (Å²) in [5.41, 5.74) is 3.57. The molecule has 0 spiro atoms. The van der Waals surface area contributed by atoms with Crippen LogP contribution in [0.25, 0.3) is 0 Å². The number of carbonyl (C=O) groups excluding carboxylic acids is 3. The van der Waals surface area contributed by atoms with Crippen LogP contribution in [-0.2, 0) is 36.6 Å². The Bertz CT molecular complexity index is 1480. The molecule has 0 aromatic heterocycles. The standard InChI is InChI=1S/C21H25NO4.C16H17NO2.CH4/c1-21(2,3)26-20(24)22-15-17(14-18(22)19(23)25-4)13-9-8-12-16-10-6-5-7-11-16;1-19-16(18)15-11-14(12-17-15)10-6-5-9-13-7-3-2-4-8-13;/h5-7,10-11,14,18H,8,12,15H2,1-4H3;2-4,7-8,11,15,17H,5,9,12H2,1H3;1H4/t18-;15-;/m00./s1. The molecular formula is C38H46N2O6. The first kappa shape index (κ1) is 37.4. The van der Waals surface area contributed by atoms with Gasteiger partial charge in [-0.15, -0.1) is 0 Å². The highest BCUT2D eigenvalue weighted by Gasteiger charge is 2.37. The quantitative estimate of drug-likeness (QED) is 0.251. The van der Waals surface area contributed by atoms with E-state index in [1.54, 1.807) is 26.8 Å². The first-order chi connectivity index (χ1) is 21.6. The van der Waals surface area contributed by atoms with Crippen LogP contribution in [0.1, 0.15) is 52.2 Å². The summed E-state index contributed by atoms with van der Waals surface area (Å²) in [6.07, 6.45) is 6.30. The molecule has 2 aromatic carbocycles. The van der Waals surface area contributed by atoms with Crippen LogP contribution < -0.4 is 5.32 Å². The summed E-state index contributed by atoms with van der Waals surface area (Å²) in [5, 5.41) is 3.05. The van der Waals surface area contributed by atoms with Gasteiger partial charge < -0.3 is 14.2 Å². The maximum Gasteiger partial charge on any atom is 0.411 e. The second-order valence-electron chi connectivity index (χ2n) is 11.4. The molecule has 8 heteroatoms. The maximum absolute atomic E-state index is 12.4. The SMILES string of the molecule is C.COC(=O)[C@@H]1C=C(C#CCCc2ccccc2)CN1.COC(=O)[C@@H]1C=C(C#CCCc2ccccc2)CN1C(=O)OC(C)(C)C. The summed E-state index contributed by atoms with van der Waals surface area (Å²) in [6.45, 7) is 6.23. The third kappa shape index (κ3) is 12.7. The minimum atomic E-state index is -0.798. The predicted molar refractivity (Wildman–Crippen MR) is 181 cm³/mol. The van der Waals surface area contributed by atoms with Crippen LogP contribution in [0, 0.1) is 23.7 Å². The van der Waals surface area contributed by atoms with Gasteiger partial charge in [-0.25, -0.2) is 9.59 Å². The van der Waals surface area contributed by atoms with Gasteiger partial charge in [-0.3, -0.25) is 15.0 Å². The number of methoxy groups -OCH3 is 2. The lowest BCUT2D eigenvalue weighted by Gasteiger charge is -2.27. The molecule has 0 fully saturated rings. The number of benzene rings is 2. The summed E-state index contributed by atoms with van der Waals surface area (Å²) in [6, 6.07) is 19.3. The smallest absolute Gasteiger partial charge is 0.411 e. The summed E-state index contributed by atoms with van der Waals surface area (Å²) in [4.78, 5) is 37.0. The lowest BCUT2D eigenvalue weighted by Crippen LogP contribution is -2.44. The van der Waals surface area contributed by atoms with E-state index in [9.17, 15) is 14.4 Å². The third-order valence-corrected chi connectivity index (χ3v) is 6.70. The molecule has 2 aliphatic heterocycles. The van der Waals surface area contributed by atoms with Gasteiger partial charge in [-0.1, -0.05) is 91.8 Å². The van der Waals surface area contributed by atoms with Crippen LogP contribution in [0.5, 0.6) is 0 Å². The fourth-order valence-electron chi connectivity index (χ4n) is 4.47. The number of amides is 1. The first-order valence-electron chi connectivity index (χ1n) is 14.9. The van der Waals surface area contributed by atoms with Crippen LogP contribution >= 0.6 is 0 Å². The van der Waals surface area contributed by atoms with E-state index < -0.39 is 23.7 Å². The van der Waals surface area contributed by atoms with Gasteiger partial charge in [-0.2, -0.15) is 0 Å². The summed E-state index contributed by atoms with van der Waals surface area (Å²) in [7, 11) is 2.69. The second-order valence-corrected chi connectivity index (χ2v) is 11.4. The average Bonchev–Trinajstić information content (AvgIpc) is 3.69. The zero-order valence-electron chi connectivity index (χ0n) is 26.7. The minimum absolute atomic E-state index is 0. The molecule has 0 unspecified atom stereocenters. The van der Waals surface area contributed by atoms with E-state index in [0.29, 0.717) is 13.0 Å². The fourth-order valence-corrected chi connectivity index (χ4v) is 4.47. The Morgan fingerprint density at radius 2 is 1.33 bits per heavy atom. The highest BCUT2D eigenvalue weighted by molar-refractivity contribution is 5.85. The predicted octanol–water partition coefficient (Wildman–Crippen LogP) is 5.67. The van der Waals surface area contributed by atoms with E-state index >= 15 is 0 Å². The van der Waals surface area contributed by atoms with Crippen molar-refractivity contribution >= 4 is 18.0 Å². The van der Waals surface area contributed by atoms with E-state index in [-0.39, 0.29) is 26.0 Å². The Labute approximate surface area is 274 Å². The molecule has 1 N–H and O–H groups in total. The number of hydrogen-bond donors (Lipinski definition) is 1. The van der Waals surface area contributed by atoms with Crippen LogP contribution in [-0.4, -0.2) is 67.9 Å². The van der Waals surface area contributed by atoms with Crippen LogP contribution in [0.4, 0.5) is 4.79 Å². The number of carbonyl (C=O) groups is 3. The monoisotopic (exact) mass is 626 g/mol. The minimum Gasteiger partial charge on any atom is -0.468 e. The van der Waals surface area contributed by atoms with Gasteiger partial charge in [0.05, 0.1) is 20.8 Å². The molecule has 46 heavy (non-hydrogen) atoms. The zero-order valence-corrected chi connectivity index (χ0v) is 26.7. The van der Waals surface area contributed by atoms with Crippen molar-refractivity contribution < 1.29 is 28.6 Å². The largest absolute Gasteiger partial charge is 0.468 e. The number of hydrogen-bond acceptors (Lipinski definition) is 7. The fraction of sp³-hybridized carbons (Fsp3) is 0.395. The van der Waals surface area contributed by atoms with Gasteiger partial charge in [0, 0.05) is 30.5 Å². The summed E-state index contributed by atoms with van der Waals surface area (Å²) in [5.74, 6) is 11.7. The molecule has 244 valence electrons. The van der Waals surface area contributed by atoms with E-state index in [4.69, 9.17) is 9.47 Å². The number of nitrogens with one attached hydrogen (secondary N) is 1. The van der Waals surface area contributed by atoms with Gasteiger partial charge in [0.2, 0.25) is 0 Å². The normalized spacial score (nSPS) is 16.4. The summed E-state index contributed by atoms with van der Waals surface area (Å²) < 4.78 is 14.8. The zero-order chi connectivity index (χ0) is 32.7. The van der Waals surface area contributed by atoms with Crippen LogP contribution in [0.15, 0.2) is 84.0 Å². The maximum atomic E-state index is 12.4. The van der Waals surface area contributed by atoms with Crippen molar-refractivity contribution in [2.24, 2.45) is 0 Å². The third-order valence-electron chi connectivity index (χ3n) is 6.70. The van der Waals surface area contributed by atoms with E-state index in [0.717, 1.165) is 30.4 Å². The van der Waals surface area contributed by atoms with Crippen molar-refractivity contribution in [1.82, 2.24) is 10.2 Å². The van der Waals surface area contributed by atoms with E-state index in [2.05, 4.69) is 58.0 Å². The molecule has 2 atom stereocenters. The Kier molecular flexibility index (Phi) is 15.4. The van der Waals surface area contributed by atoms with Gasteiger partial charge in [0.15, 0.2) is 6.04 Å². The van der Waals surface area contributed by atoms with Crippen molar-refractivity contribution in [3.8, 4) is 23.7 Å². The Hall–Kier alpha value is -4.79. The van der Waals surface area contributed by atoms with Crippen LogP contribution in [0.3, 0.4) is 0 Å². The molecule has 0 saturated heterocycles. The highest BCUT2D eigenvalue weighted by Crippen LogP contribution is 2.21. The van der Waals surface area contributed by atoms with Gasteiger partial charge >= 0.3 is 18.0 Å². The van der Waals surface area contributed by atoms with E-state index in [1.165, 1.54) is 30.2 Å².